The minimum atomic E-state index is -0.806. The van der Waals surface area contributed by atoms with Crippen molar-refractivity contribution in [2.24, 2.45) is 0 Å². The van der Waals surface area contributed by atoms with Crippen molar-refractivity contribution in [3.05, 3.63) is 136 Å². The van der Waals surface area contributed by atoms with Crippen LogP contribution in [0.3, 0.4) is 0 Å². The zero-order valence-electron chi connectivity index (χ0n) is 20.7. The molecule has 1 N–H and O–H groups in total. The van der Waals surface area contributed by atoms with Crippen molar-refractivity contribution in [3.63, 3.8) is 0 Å². The first-order valence-corrected chi connectivity index (χ1v) is 12.5. The third-order valence-electron chi connectivity index (χ3n) is 6.42. The molecule has 1 amide bonds. The van der Waals surface area contributed by atoms with Crippen LogP contribution in [0, 0.1) is 6.92 Å². The number of carbonyl (C=O) groups excluding carboxylic acids is 2. The number of aliphatic hydroxyl groups excluding tert-OH is 1. The molecule has 0 radical (unpaired) electrons. The number of carbonyl (C=O) groups is 2. The van der Waals surface area contributed by atoms with E-state index in [1.807, 2.05) is 25.1 Å². The van der Waals surface area contributed by atoms with E-state index < -0.39 is 17.7 Å². The molecule has 38 heavy (non-hydrogen) atoms. The summed E-state index contributed by atoms with van der Waals surface area (Å²) in [4.78, 5) is 31.9. The number of ketones is 1. The molecule has 1 aromatic heterocycles. The van der Waals surface area contributed by atoms with Crippen LogP contribution in [0.2, 0.25) is 5.02 Å². The van der Waals surface area contributed by atoms with Crippen LogP contribution >= 0.6 is 11.6 Å². The number of halogens is 1. The van der Waals surface area contributed by atoms with Crippen molar-refractivity contribution >= 4 is 29.1 Å². The number of Topliss-reactive ketones (excluding diaryl/α,β-unsaturated/α-hetero) is 1. The van der Waals surface area contributed by atoms with E-state index in [1.54, 1.807) is 73.1 Å². The molecule has 2 heterocycles. The molecular formula is C31H25ClN2O4. The van der Waals surface area contributed by atoms with Crippen molar-refractivity contribution in [2.75, 3.05) is 0 Å². The van der Waals surface area contributed by atoms with E-state index in [-0.39, 0.29) is 17.9 Å². The highest BCUT2D eigenvalue weighted by Crippen LogP contribution is 2.41. The minimum Gasteiger partial charge on any atom is -0.507 e. The number of likely N-dealkylation sites (tertiary alicyclic amines) is 1. The predicted octanol–water partition coefficient (Wildman–Crippen LogP) is 6.24. The van der Waals surface area contributed by atoms with Gasteiger partial charge in [-0.25, -0.2) is 0 Å². The zero-order chi connectivity index (χ0) is 26.6. The number of nitrogens with zero attached hydrogens (tertiary/aromatic N) is 2. The number of aromatic nitrogens is 1. The Morgan fingerprint density at radius 1 is 0.947 bits per heavy atom. The third-order valence-corrected chi connectivity index (χ3v) is 6.66. The van der Waals surface area contributed by atoms with Gasteiger partial charge in [-0.3, -0.25) is 14.6 Å². The lowest BCUT2D eigenvalue weighted by molar-refractivity contribution is -0.140. The first kappa shape index (κ1) is 25.2. The number of hydrogen-bond donors (Lipinski definition) is 1. The van der Waals surface area contributed by atoms with Crippen LogP contribution in [0.25, 0.3) is 5.76 Å². The van der Waals surface area contributed by atoms with Crippen LogP contribution < -0.4 is 4.74 Å². The number of ether oxygens (including phenoxy) is 1. The Labute approximate surface area is 225 Å². The lowest BCUT2D eigenvalue weighted by Gasteiger charge is -2.25. The summed E-state index contributed by atoms with van der Waals surface area (Å²) in [6.45, 7) is 2.60. The Morgan fingerprint density at radius 3 is 2.39 bits per heavy atom. The average Bonchev–Trinajstić information content (AvgIpc) is 3.17. The number of benzene rings is 3. The maximum absolute atomic E-state index is 13.3. The van der Waals surface area contributed by atoms with Crippen LogP contribution in [0.4, 0.5) is 0 Å². The fourth-order valence-corrected chi connectivity index (χ4v) is 4.78. The molecule has 0 bridgehead atoms. The van der Waals surface area contributed by atoms with Gasteiger partial charge in [0.2, 0.25) is 0 Å². The van der Waals surface area contributed by atoms with Gasteiger partial charge in [-0.05, 0) is 72.1 Å². The lowest BCUT2D eigenvalue weighted by atomic mass is 9.95. The fraction of sp³-hybridized carbons (Fsp3) is 0.129. The molecule has 1 atom stereocenters. The van der Waals surface area contributed by atoms with Gasteiger partial charge in [0.25, 0.3) is 11.7 Å². The molecular weight excluding hydrogens is 500 g/mol. The molecule has 5 rings (SSSR count). The molecule has 190 valence electrons. The second-order valence-electron chi connectivity index (χ2n) is 9.14. The number of aryl methyl sites for hydroxylation is 1. The summed E-state index contributed by atoms with van der Waals surface area (Å²) in [6.07, 6.45) is 3.26. The molecule has 0 spiro atoms. The smallest absolute Gasteiger partial charge is 0.295 e. The summed E-state index contributed by atoms with van der Waals surface area (Å²) in [6, 6.07) is 24.6. The van der Waals surface area contributed by atoms with Gasteiger partial charge in [0, 0.05) is 29.5 Å². The van der Waals surface area contributed by atoms with E-state index in [0.29, 0.717) is 28.5 Å². The fourth-order valence-electron chi connectivity index (χ4n) is 4.58. The van der Waals surface area contributed by atoms with E-state index in [4.69, 9.17) is 16.3 Å². The summed E-state index contributed by atoms with van der Waals surface area (Å²) in [5, 5.41) is 11.8. The van der Waals surface area contributed by atoms with Crippen molar-refractivity contribution in [2.45, 2.75) is 26.1 Å². The SMILES string of the molecule is Cc1cccc(COc2ccc(/C(O)=C3/C(=O)C(=O)N(Cc4ccncc4)C3c3cccc(Cl)c3)cc2)c1. The third kappa shape index (κ3) is 5.31. The minimum absolute atomic E-state index is 0.0137. The number of rotatable bonds is 7. The maximum atomic E-state index is 13.3. The van der Waals surface area contributed by atoms with E-state index in [9.17, 15) is 14.7 Å². The van der Waals surface area contributed by atoms with E-state index >= 15 is 0 Å². The molecule has 3 aromatic carbocycles. The van der Waals surface area contributed by atoms with Gasteiger partial charge in [0.1, 0.15) is 18.1 Å². The van der Waals surface area contributed by atoms with Crippen molar-refractivity contribution < 1.29 is 19.4 Å². The Kier molecular flexibility index (Phi) is 7.24. The van der Waals surface area contributed by atoms with Crippen molar-refractivity contribution in [3.8, 4) is 5.75 Å². The molecule has 1 aliphatic heterocycles. The second-order valence-corrected chi connectivity index (χ2v) is 9.58. The highest BCUT2D eigenvalue weighted by molar-refractivity contribution is 6.46. The summed E-state index contributed by atoms with van der Waals surface area (Å²) in [7, 11) is 0. The van der Waals surface area contributed by atoms with Crippen LogP contribution in [-0.2, 0) is 22.7 Å². The molecule has 0 aliphatic carbocycles. The highest BCUT2D eigenvalue weighted by Gasteiger charge is 2.46. The average molecular weight is 525 g/mol. The van der Waals surface area contributed by atoms with Crippen molar-refractivity contribution in [1.29, 1.82) is 0 Å². The highest BCUT2D eigenvalue weighted by atomic mass is 35.5. The van der Waals surface area contributed by atoms with Gasteiger partial charge < -0.3 is 14.7 Å². The number of aliphatic hydroxyl groups is 1. The first-order chi connectivity index (χ1) is 18.4. The number of amides is 1. The van der Waals surface area contributed by atoms with Gasteiger partial charge >= 0.3 is 0 Å². The molecule has 0 saturated carbocycles. The van der Waals surface area contributed by atoms with E-state index in [2.05, 4.69) is 11.1 Å². The van der Waals surface area contributed by atoms with Crippen LogP contribution in [0.15, 0.2) is 103 Å². The van der Waals surface area contributed by atoms with Crippen molar-refractivity contribution in [1.82, 2.24) is 9.88 Å². The van der Waals surface area contributed by atoms with Gasteiger partial charge in [0.05, 0.1) is 11.6 Å². The topological polar surface area (TPSA) is 79.7 Å². The van der Waals surface area contributed by atoms with Gasteiger partial charge in [-0.1, -0.05) is 53.6 Å². The molecule has 1 saturated heterocycles. The molecule has 6 nitrogen and oxygen atoms in total. The summed E-state index contributed by atoms with van der Waals surface area (Å²) >= 11 is 6.26. The lowest BCUT2D eigenvalue weighted by Crippen LogP contribution is -2.29. The first-order valence-electron chi connectivity index (χ1n) is 12.1. The monoisotopic (exact) mass is 524 g/mol. The molecule has 7 heteroatoms. The van der Waals surface area contributed by atoms with E-state index in [1.165, 1.54) is 4.90 Å². The Balaban J connectivity index is 1.47. The summed E-state index contributed by atoms with van der Waals surface area (Å²) in [5.74, 6) is -1.07. The Morgan fingerprint density at radius 2 is 1.68 bits per heavy atom. The van der Waals surface area contributed by atoms with Crippen LogP contribution in [-0.4, -0.2) is 26.7 Å². The van der Waals surface area contributed by atoms with Gasteiger partial charge in [-0.15, -0.1) is 0 Å². The molecule has 1 unspecified atom stereocenters. The molecule has 1 aliphatic rings. The van der Waals surface area contributed by atoms with Crippen LogP contribution in [0.5, 0.6) is 5.75 Å². The number of hydrogen-bond acceptors (Lipinski definition) is 5. The van der Waals surface area contributed by atoms with Gasteiger partial charge in [-0.2, -0.15) is 0 Å². The Hall–Kier alpha value is -4.42. The Bertz CT molecular complexity index is 1520. The van der Waals surface area contributed by atoms with Crippen LogP contribution in [0.1, 0.15) is 33.9 Å². The van der Waals surface area contributed by atoms with E-state index in [0.717, 1.165) is 16.7 Å². The molecule has 4 aromatic rings. The predicted molar refractivity (Wildman–Crippen MR) is 145 cm³/mol. The second kappa shape index (κ2) is 10.9. The summed E-state index contributed by atoms with van der Waals surface area (Å²) in [5.41, 5.74) is 4.06. The standard InChI is InChI=1S/C31H25ClN2O4/c1-20-4-2-5-22(16-20)19-38-26-10-8-23(9-11-26)29(35)27-28(24-6-3-7-25(32)17-24)34(31(37)30(27)36)18-21-12-14-33-15-13-21/h2-17,28,35H,18-19H2,1H3/b29-27-. The maximum Gasteiger partial charge on any atom is 0.295 e. The largest absolute Gasteiger partial charge is 0.507 e. The van der Waals surface area contributed by atoms with Gasteiger partial charge in [0.15, 0.2) is 0 Å². The quantitative estimate of drug-likeness (QED) is 0.176. The normalized spacial score (nSPS) is 16.6. The molecule has 1 fully saturated rings. The number of pyridine rings is 1. The zero-order valence-corrected chi connectivity index (χ0v) is 21.4. The summed E-state index contributed by atoms with van der Waals surface area (Å²) < 4.78 is 5.89.